The predicted molar refractivity (Wildman–Crippen MR) is 111 cm³/mol. The number of hydrogen-bond acceptors (Lipinski definition) is 2. The third-order valence-electron chi connectivity index (χ3n) is 5.98. The summed E-state index contributed by atoms with van der Waals surface area (Å²) in [6.45, 7) is 4.18. The van der Waals surface area contributed by atoms with Crippen LogP contribution in [0.15, 0.2) is 30.3 Å². The molecule has 3 rings (SSSR count). The molecule has 0 spiro atoms. The molecular weight excluding hydrogens is 369 g/mol. The molecule has 1 aliphatic carbocycles. The molecule has 29 heavy (non-hydrogen) atoms. The molecule has 0 bridgehead atoms. The molecule has 1 fully saturated rings. The molecule has 1 aliphatic rings. The van der Waals surface area contributed by atoms with Crippen LogP contribution in [-0.2, 0) is 11.2 Å². The van der Waals surface area contributed by atoms with E-state index in [0.29, 0.717) is 18.0 Å². The predicted octanol–water partition coefficient (Wildman–Crippen LogP) is 3.82. The highest BCUT2D eigenvalue weighted by molar-refractivity contribution is 5.96. The molecule has 0 saturated heterocycles. The van der Waals surface area contributed by atoms with E-state index >= 15 is 0 Å². The van der Waals surface area contributed by atoms with E-state index in [1.54, 1.807) is 12.1 Å². The Morgan fingerprint density at radius 3 is 2.45 bits per heavy atom. The summed E-state index contributed by atoms with van der Waals surface area (Å²) < 4.78 is 15.4. The summed E-state index contributed by atoms with van der Waals surface area (Å²) in [5, 5.41) is 2.87. The molecule has 1 aromatic carbocycles. The van der Waals surface area contributed by atoms with E-state index in [4.69, 9.17) is 5.73 Å². The molecule has 1 unspecified atom stereocenters. The lowest BCUT2D eigenvalue weighted by Gasteiger charge is -2.26. The van der Waals surface area contributed by atoms with Gasteiger partial charge in [0.1, 0.15) is 5.82 Å². The summed E-state index contributed by atoms with van der Waals surface area (Å²) in [6.07, 6.45) is 6.40. The van der Waals surface area contributed by atoms with E-state index in [2.05, 4.69) is 9.88 Å². The van der Waals surface area contributed by atoms with E-state index in [-0.39, 0.29) is 18.3 Å². The van der Waals surface area contributed by atoms with E-state index in [0.717, 1.165) is 29.8 Å². The number of nitrogens with zero attached hydrogens (tertiary/aromatic N) is 1. The van der Waals surface area contributed by atoms with Crippen molar-refractivity contribution in [3.05, 3.63) is 58.7 Å². The molecular formula is C23H30FN3O2. The average molecular weight is 400 g/mol. The van der Waals surface area contributed by atoms with Crippen LogP contribution < -0.4 is 11.1 Å². The number of nitrogens with one attached hydrogen (secondary N) is 1. The van der Waals surface area contributed by atoms with Crippen molar-refractivity contribution in [3.8, 4) is 0 Å². The lowest BCUT2D eigenvalue weighted by atomic mass is 9.95. The number of rotatable bonds is 7. The van der Waals surface area contributed by atoms with E-state index in [1.165, 1.54) is 31.4 Å². The number of primary amides is 1. The second kappa shape index (κ2) is 9.25. The average Bonchev–Trinajstić information content (AvgIpc) is 3.01. The van der Waals surface area contributed by atoms with Gasteiger partial charge in [-0.05, 0) is 56.9 Å². The quantitative estimate of drug-likeness (QED) is 0.742. The topological polar surface area (TPSA) is 77.1 Å². The maximum Gasteiger partial charge on any atom is 0.253 e. The number of amides is 2. The van der Waals surface area contributed by atoms with Crippen LogP contribution in [0.2, 0.25) is 0 Å². The number of benzene rings is 1. The Balaban J connectivity index is 1.67. The molecule has 1 saturated carbocycles. The number of carbonyl (C=O) groups is 2. The van der Waals surface area contributed by atoms with Gasteiger partial charge >= 0.3 is 0 Å². The van der Waals surface area contributed by atoms with Gasteiger partial charge in [0, 0.05) is 24.0 Å². The third kappa shape index (κ3) is 5.05. The van der Waals surface area contributed by atoms with Gasteiger partial charge in [-0.3, -0.25) is 9.59 Å². The standard InChI is InChI=1S/C23H30FN3O2/c1-15-12-21(16(2)27(15)20-6-4-3-5-7-20)23(29)26-14-18(22(25)28)13-17-8-10-19(24)11-9-17/h8-12,18,20H,3-7,13-14H2,1-2H3,(H2,25,28)(H,26,29). The highest BCUT2D eigenvalue weighted by Gasteiger charge is 2.24. The first-order valence-electron chi connectivity index (χ1n) is 10.4. The normalized spacial score (nSPS) is 15.8. The molecule has 2 amide bonds. The fourth-order valence-electron chi connectivity index (χ4n) is 4.40. The van der Waals surface area contributed by atoms with Crippen LogP contribution in [0, 0.1) is 25.6 Å². The summed E-state index contributed by atoms with van der Waals surface area (Å²) in [5.41, 5.74) is 9.05. The molecule has 6 heteroatoms. The second-order valence-corrected chi connectivity index (χ2v) is 8.09. The van der Waals surface area contributed by atoms with Gasteiger partial charge in [0.15, 0.2) is 0 Å². The fourth-order valence-corrected chi connectivity index (χ4v) is 4.40. The van der Waals surface area contributed by atoms with E-state index in [1.807, 2.05) is 19.9 Å². The highest BCUT2D eigenvalue weighted by Crippen LogP contribution is 2.32. The SMILES string of the molecule is Cc1cc(C(=O)NCC(Cc2ccc(F)cc2)C(N)=O)c(C)n1C1CCCCC1. The van der Waals surface area contributed by atoms with Crippen molar-refractivity contribution in [3.63, 3.8) is 0 Å². The number of aromatic nitrogens is 1. The molecule has 1 aromatic heterocycles. The number of hydrogen-bond donors (Lipinski definition) is 2. The molecule has 3 N–H and O–H groups in total. The van der Waals surface area contributed by atoms with Crippen LogP contribution in [0.4, 0.5) is 4.39 Å². The summed E-state index contributed by atoms with van der Waals surface area (Å²) in [7, 11) is 0. The molecule has 0 radical (unpaired) electrons. The largest absolute Gasteiger partial charge is 0.369 e. The smallest absolute Gasteiger partial charge is 0.253 e. The highest BCUT2D eigenvalue weighted by atomic mass is 19.1. The van der Waals surface area contributed by atoms with Crippen molar-refractivity contribution in [2.45, 2.75) is 58.4 Å². The molecule has 156 valence electrons. The van der Waals surface area contributed by atoms with Crippen molar-refractivity contribution in [1.29, 1.82) is 0 Å². The Labute approximate surface area is 171 Å². The Kier molecular flexibility index (Phi) is 6.72. The first-order chi connectivity index (χ1) is 13.9. The molecule has 5 nitrogen and oxygen atoms in total. The Bertz CT molecular complexity index is 867. The van der Waals surface area contributed by atoms with Crippen molar-refractivity contribution in [2.24, 2.45) is 11.7 Å². The first kappa shape index (κ1) is 21.1. The van der Waals surface area contributed by atoms with Gasteiger partial charge in [0.05, 0.1) is 11.5 Å². The van der Waals surface area contributed by atoms with E-state index < -0.39 is 11.8 Å². The van der Waals surface area contributed by atoms with Crippen LogP contribution in [0.5, 0.6) is 0 Å². The van der Waals surface area contributed by atoms with Gasteiger partial charge in [0.25, 0.3) is 5.91 Å². The summed E-state index contributed by atoms with van der Waals surface area (Å²) in [5.74, 6) is -1.55. The number of halogens is 1. The molecule has 0 aliphatic heterocycles. The lowest BCUT2D eigenvalue weighted by molar-refractivity contribution is -0.121. The number of aryl methyl sites for hydroxylation is 1. The Morgan fingerprint density at radius 2 is 1.83 bits per heavy atom. The maximum absolute atomic E-state index is 13.1. The van der Waals surface area contributed by atoms with Gasteiger partial charge in [-0.25, -0.2) is 4.39 Å². The zero-order chi connectivity index (χ0) is 21.0. The minimum atomic E-state index is -0.550. The van der Waals surface area contributed by atoms with Crippen LogP contribution in [-0.4, -0.2) is 22.9 Å². The monoisotopic (exact) mass is 399 g/mol. The molecule has 1 atom stereocenters. The zero-order valence-electron chi connectivity index (χ0n) is 17.2. The van der Waals surface area contributed by atoms with Gasteiger partial charge in [0.2, 0.25) is 5.91 Å². The fraction of sp³-hybridized carbons (Fsp3) is 0.478. The van der Waals surface area contributed by atoms with Gasteiger partial charge in [-0.15, -0.1) is 0 Å². The summed E-state index contributed by atoms with van der Waals surface area (Å²) in [4.78, 5) is 24.7. The number of nitrogens with two attached hydrogens (primary N) is 1. The minimum Gasteiger partial charge on any atom is -0.369 e. The molecule has 2 aromatic rings. The van der Waals surface area contributed by atoms with Crippen LogP contribution in [0.1, 0.15) is 65.5 Å². The Hall–Kier alpha value is -2.63. The van der Waals surface area contributed by atoms with Crippen molar-refractivity contribution in [1.82, 2.24) is 9.88 Å². The van der Waals surface area contributed by atoms with Gasteiger partial charge < -0.3 is 15.6 Å². The van der Waals surface area contributed by atoms with Crippen molar-refractivity contribution < 1.29 is 14.0 Å². The Morgan fingerprint density at radius 1 is 1.17 bits per heavy atom. The summed E-state index contributed by atoms with van der Waals surface area (Å²) in [6, 6.07) is 8.36. The molecule has 1 heterocycles. The van der Waals surface area contributed by atoms with E-state index in [9.17, 15) is 14.0 Å². The van der Waals surface area contributed by atoms with Gasteiger partial charge in [-0.1, -0.05) is 31.4 Å². The van der Waals surface area contributed by atoms with Crippen LogP contribution >= 0.6 is 0 Å². The zero-order valence-corrected chi connectivity index (χ0v) is 17.2. The minimum absolute atomic E-state index is 0.151. The lowest BCUT2D eigenvalue weighted by Crippen LogP contribution is -2.37. The second-order valence-electron chi connectivity index (χ2n) is 8.09. The van der Waals surface area contributed by atoms with Crippen molar-refractivity contribution in [2.75, 3.05) is 6.54 Å². The van der Waals surface area contributed by atoms with Gasteiger partial charge in [-0.2, -0.15) is 0 Å². The first-order valence-corrected chi connectivity index (χ1v) is 10.4. The van der Waals surface area contributed by atoms with Crippen LogP contribution in [0.25, 0.3) is 0 Å². The maximum atomic E-state index is 13.1. The number of carbonyl (C=O) groups excluding carboxylic acids is 2. The summed E-state index contributed by atoms with van der Waals surface area (Å²) >= 11 is 0. The van der Waals surface area contributed by atoms with Crippen molar-refractivity contribution >= 4 is 11.8 Å². The van der Waals surface area contributed by atoms with Crippen LogP contribution in [0.3, 0.4) is 0 Å². The third-order valence-corrected chi connectivity index (χ3v) is 5.98.